The Labute approximate surface area is 124 Å². The van der Waals surface area contributed by atoms with Crippen LogP contribution < -0.4 is 16.8 Å². The number of primary amides is 1. The average molecular weight is 305 g/mol. The Hall–Kier alpha value is -2.35. The molecule has 1 aliphatic carbocycles. The van der Waals surface area contributed by atoms with Gasteiger partial charge in [-0.25, -0.2) is 0 Å². The number of nitrogen functional groups attached to an aromatic ring is 1. The van der Waals surface area contributed by atoms with Crippen molar-refractivity contribution in [2.75, 3.05) is 11.1 Å². The fourth-order valence-corrected chi connectivity index (χ4v) is 3.86. The van der Waals surface area contributed by atoms with E-state index in [0.717, 1.165) is 36.1 Å². The van der Waals surface area contributed by atoms with Crippen LogP contribution in [0.15, 0.2) is 6.20 Å². The van der Waals surface area contributed by atoms with Crippen molar-refractivity contribution in [3.8, 4) is 0 Å². The number of amides is 2. The number of aromatic amines is 1. The smallest absolute Gasteiger partial charge is 0.261 e. The Morgan fingerprint density at radius 1 is 1.33 bits per heavy atom. The summed E-state index contributed by atoms with van der Waals surface area (Å²) in [6.45, 7) is 0. The molecule has 2 aromatic rings. The molecule has 1 aliphatic rings. The van der Waals surface area contributed by atoms with Crippen molar-refractivity contribution in [1.29, 1.82) is 0 Å². The monoisotopic (exact) mass is 305 g/mol. The summed E-state index contributed by atoms with van der Waals surface area (Å²) in [5, 5.41) is 9.46. The minimum Gasteiger partial charge on any atom is -0.382 e. The van der Waals surface area contributed by atoms with E-state index in [0.29, 0.717) is 10.6 Å². The number of hydrogen-bond donors (Lipinski definition) is 4. The van der Waals surface area contributed by atoms with E-state index in [2.05, 4.69) is 15.5 Å². The highest BCUT2D eigenvalue weighted by molar-refractivity contribution is 7.17. The minimum absolute atomic E-state index is 0.120. The molecule has 0 fully saturated rings. The van der Waals surface area contributed by atoms with Gasteiger partial charge in [0.2, 0.25) is 0 Å². The number of carbonyl (C=O) groups excluding carboxylic acids is 2. The van der Waals surface area contributed by atoms with Gasteiger partial charge in [-0.1, -0.05) is 0 Å². The fraction of sp³-hybridized carbons (Fsp3) is 0.308. The molecular weight excluding hydrogens is 290 g/mol. The molecule has 3 rings (SSSR count). The average Bonchev–Trinajstić information content (AvgIpc) is 3.01. The number of nitrogens with one attached hydrogen (secondary N) is 2. The molecule has 7 nitrogen and oxygen atoms in total. The number of rotatable bonds is 3. The molecule has 0 unspecified atom stereocenters. The van der Waals surface area contributed by atoms with E-state index in [1.165, 1.54) is 17.5 Å². The summed E-state index contributed by atoms with van der Waals surface area (Å²) < 4.78 is 0. The van der Waals surface area contributed by atoms with Crippen LogP contribution in [0, 0.1) is 0 Å². The summed E-state index contributed by atoms with van der Waals surface area (Å²) in [4.78, 5) is 25.0. The second-order valence-corrected chi connectivity index (χ2v) is 6.02. The Morgan fingerprint density at radius 2 is 2.10 bits per heavy atom. The zero-order valence-corrected chi connectivity index (χ0v) is 12.0. The van der Waals surface area contributed by atoms with Crippen LogP contribution in [-0.2, 0) is 12.8 Å². The van der Waals surface area contributed by atoms with Crippen LogP contribution in [-0.4, -0.2) is 22.0 Å². The predicted molar refractivity (Wildman–Crippen MR) is 80.4 cm³/mol. The Morgan fingerprint density at radius 3 is 2.76 bits per heavy atom. The van der Waals surface area contributed by atoms with Crippen molar-refractivity contribution in [2.24, 2.45) is 5.73 Å². The van der Waals surface area contributed by atoms with Crippen LogP contribution in [0.1, 0.15) is 44.0 Å². The van der Waals surface area contributed by atoms with E-state index >= 15 is 0 Å². The van der Waals surface area contributed by atoms with Crippen LogP contribution in [0.2, 0.25) is 0 Å². The molecule has 8 heteroatoms. The summed E-state index contributed by atoms with van der Waals surface area (Å²) in [5.74, 6) is -0.790. The molecule has 0 saturated heterocycles. The lowest BCUT2D eigenvalue weighted by Crippen LogP contribution is -2.18. The molecule has 0 radical (unpaired) electrons. The van der Waals surface area contributed by atoms with Gasteiger partial charge in [-0.3, -0.25) is 14.7 Å². The summed E-state index contributed by atoms with van der Waals surface area (Å²) in [5.41, 5.74) is 12.7. The number of H-pyrrole nitrogens is 1. The van der Waals surface area contributed by atoms with Gasteiger partial charge in [0.15, 0.2) is 5.82 Å². The van der Waals surface area contributed by atoms with E-state index in [-0.39, 0.29) is 11.4 Å². The molecule has 0 aliphatic heterocycles. The molecule has 0 aromatic carbocycles. The quantitative estimate of drug-likeness (QED) is 0.681. The Balaban J connectivity index is 1.95. The van der Waals surface area contributed by atoms with E-state index in [9.17, 15) is 9.59 Å². The van der Waals surface area contributed by atoms with E-state index in [4.69, 9.17) is 11.5 Å². The zero-order chi connectivity index (χ0) is 15.0. The third-order valence-electron chi connectivity index (χ3n) is 3.56. The molecule has 0 bridgehead atoms. The first-order valence-corrected chi connectivity index (χ1v) is 7.44. The standard InChI is InChI=1S/C13H15N5O2S/c14-10-7(5-16-18-10)12(20)17-13-9(11(15)19)6-3-1-2-4-8(6)21-13/h5H,1-4H2,(H2,15,19)(H,17,20)(H3,14,16,18). The van der Waals surface area contributed by atoms with Gasteiger partial charge in [0.1, 0.15) is 10.6 Å². The van der Waals surface area contributed by atoms with Crippen molar-refractivity contribution in [1.82, 2.24) is 10.2 Å². The summed E-state index contributed by atoms with van der Waals surface area (Å²) in [6, 6.07) is 0. The maximum absolute atomic E-state index is 12.2. The first-order chi connectivity index (χ1) is 10.1. The van der Waals surface area contributed by atoms with E-state index in [1.807, 2.05) is 0 Å². The third kappa shape index (κ3) is 2.38. The van der Waals surface area contributed by atoms with Crippen LogP contribution in [0.4, 0.5) is 10.8 Å². The maximum Gasteiger partial charge on any atom is 0.261 e. The first-order valence-electron chi connectivity index (χ1n) is 6.63. The number of aryl methyl sites for hydroxylation is 1. The van der Waals surface area contributed by atoms with Gasteiger partial charge < -0.3 is 16.8 Å². The van der Waals surface area contributed by atoms with Crippen LogP contribution in [0.5, 0.6) is 0 Å². The van der Waals surface area contributed by atoms with Gasteiger partial charge in [0.25, 0.3) is 11.8 Å². The number of thiophene rings is 1. The molecule has 0 saturated carbocycles. The van der Waals surface area contributed by atoms with Crippen molar-refractivity contribution < 1.29 is 9.59 Å². The van der Waals surface area contributed by atoms with Gasteiger partial charge in [-0.15, -0.1) is 11.3 Å². The Bertz CT molecular complexity index is 718. The fourth-order valence-electron chi connectivity index (χ4n) is 2.57. The highest BCUT2D eigenvalue weighted by Crippen LogP contribution is 2.38. The third-order valence-corrected chi connectivity index (χ3v) is 4.77. The number of anilines is 2. The van der Waals surface area contributed by atoms with E-state index < -0.39 is 11.8 Å². The molecule has 2 amide bonds. The highest BCUT2D eigenvalue weighted by Gasteiger charge is 2.25. The number of aromatic nitrogens is 2. The second kappa shape index (κ2) is 5.21. The second-order valence-electron chi connectivity index (χ2n) is 4.92. The minimum atomic E-state index is -0.509. The Kier molecular flexibility index (Phi) is 3.38. The van der Waals surface area contributed by atoms with Gasteiger partial charge in [-0.05, 0) is 31.2 Å². The molecule has 2 heterocycles. The van der Waals surface area contributed by atoms with Crippen LogP contribution >= 0.6 is 11.3 Å². The largest absolute Gasteiger partial charge is 0.382 e. The lowest BCUT2D eigenvalue weighted by Gasteiger charge is -2.11. The summed E-state index contributed by atoms with van der Waals surface area (Å²) >= 11 is 1.42. The maximum atomic E-state index is 12.2. The van der Waals surface area contributed by atoms with Gasteiger partial charge in [0.05, 0.1) is 5.56 Å². The predicted octanol–water partition coefficient (Wildman–Crippen LogP) is 1.28. The SMILES string of the molecule is NC(=O)c1c(NC(=O)c2c[nH]nc2N)sc2c1CCCC2. The molecule has 0 atom stereocenters. The lowest BCUT2D eigenvalue weighted by atomic mass is 9.95. The van der Waals surface area contributed by atoms with Gasteiger partial charge in [0, 0.05) is 11.1 Å². The topological polar surface area (TPSA) is 127 Å². The summed E-state index contributed by atoms with van der Waals surface area (Å²) in [6.07, 6.45) is 5.29. The molecular formula is C13H15N5O2S. The molecule has 110 valence electrons. The van der Waals surface area contributed by atoms with E-state index in [1.54, 1.807) is 0 Å². The van der Waals surface area contributed by atoms with Crippen LogP contribution in [0.3, 0.4) is 0 Å². The van der Waals surface area contributed by atoms with Gasteiger partial charge in [-0.2, -0.15) is 5.10 Å². The molecule has 2 aromatic heterocycles. The lowest BCUT2D eigenvalue weighted by molar-refractivity contribution is 0.100. The van der Waals surface area contributed by atoms with Crippen molar-refractivity contribution in [3.63, 3.8) is 0 Å². The van der Waals surface area contributed by atoms with Crippen molar-refractivity contribution in [2.45, 2.75) is 25.7 Å². The summed E-state index contributed by atoms with van der Waals surface area (Å²) in [7, 11) is 0. The molecule has 6 N–H and O–H groups in total. The van der Waals surface area contributed by atoms with Gasteiger partial charge >= 0.3 is 0 Å². The molecule has 21 heavy (non-hydrogen) atoms. The number of carbonyl (C=O) groups is 2. The zero-order valence-electron chi connectivity index (χ0n) is 11.2. The number of nitrogens with two attached hydrogens (primary N) is 2. The van der Waals surface area contributed by atoms with Crippen molar-refractivity contribution >= 4 is 34.0 Å². The highest BCUT2D eigenvalue weighted by atomic mass is 32.1. The first kappa shape index (κ1) is 13.6. The molecule has 0 spiro atoms. The number of nitrogens with zero attached hydrogens (tertiary/aromatic N) is 1. The van der Waals surface area contributed by atoms with Crippen LogP contribution in [0.25, 0.3) is 0 Å². The number of hydrogen-bond acceptors (Lipinski definition) is 5. The van der Waals surface area contributed by atoms with Crippen molar-refractivity contribution in [3.05, 3.63) is 27.8 Å². The normalized spacial score (nSPS) is 13.7. The number of fused-ring (bicyclic) bond motifs is 1.